The van der Waals surface area contributed by atoms with Crippen LogP contribution in [0.15, 0.2) is 24.3 Å². The maximum atomic E-state index is 12.0. The lowest BCUT2D eigenvalue weighted by molar-refractivity contribution is 0.0700. The van der Waals surface area contributed by atoms with Crippen molar-refractivity contribution >= 4 is 10.2 Å². The van der Waals surface area contributed by atoms with Crippen LogP contribution in [-0.2, 0) is 10.2 Å². The van der Waals surface area contributed by atoms with Gasteiger partial charge < -0.3 is 4.74 Å². The maximum Gasteiger partial charge on any atom is 0.279 e. The van der Waals surface area contributed by atoms with Gasteiger partial charge in [0.2, 0.25) is 0 Å². The number of hydrogen-bond donors (Lipinski definition) is 1. The fourth-order valence-electron chi connectivity index (χ4n) is 2.19. The Hall–Kier alpha value is -1.11. The molecular formula is C13H20N2O3S. The van der Waals surface area contributed by atoms with E-state index in [1.165, 1.54) is 18.4 Å². The van der Waals surface area contributed by atoms with E-state index in [9.17, 15) is 8.42 Å². The molecule has 1 heterocycles. The molecule has 1 N–H and O–H groups in total. The topological polar surface area (TPSA) is 58.6 Å². The molecule has 0 saturated carbocycles. The minimum Gasteiger partial charge on any atom is -0.487 e. The van der Waals surface area contributed by atoms with Gasteiger partial charge in [0.25, 0.3) is 10.2 Å². The number of fused-ring (bicyclic) bond motifs is 1. The number of nitrogens with zero attached hydrogens (tertiary/aromatic N) is 1. The van der Waals surface area contributed by atoms with E-state index in [1.807, 2.05) is 38.1 Å². The van der Waals surface area contributed by atoms with E-state index in [0.717, 1.165) is 11.3 Å². The largest absolute Gasteiger partial charge is 0.487 e. The zero-order valence-electron chi connectivity index (χ0n) is 11.7. The van der Waals surface area contributed by atoms with Crippen LogP contribution in [0.2, 0.25) is 0 Å². The van der Waals surface area contributed by atoms with E-state index in [4.69, 9.17) is 4.74 Å². The number of para-hydroxylation sites is 1. The van der Waals surface area contributed by atoms with Crippen LogP contribution in [0.1, 0.15) is 31.9 Å². The van der Waals surface area contributed by atoms with Gasteiger partial charge in [0.05, 0.1) is 6.04 Å². The third-order valence-corrected chi connectivity index (χ3v) is 4.69. The quantitative estimate of drug-likeness (QED) is 0.919. The molecule has 1 aromatic rings. The third-order valence-electron chi connectivity index (χ3n) is 3.15. The zero-order chi connectivity index (χ0) is 14.3. The summed E-state index contributed by atoms with van der Waals surface area (Å²) in [5.74, 6) is 0.741. The van der Waals surface area contributed by atoms with Crippen LogP contribution < -0.4 is 9.46 Å². The molecular weight excluding hydrogens is 264 g/mol. The minimum absolute atomic E-state index is 0.271. The van der Waals surface area contributed by atoms with Gasteiger partial charge in [0.15, 0.2) is 0 Å². The van der Waals surface area contributed by atoms with Crippen molar-refractivity contribution in [2.24, 2.45) is 0 Å². The summed E-state index contributed by atoms with van der Waals surface area (Å²) < 4.78 is 33.8. The van der Waals surface area contributed by atoms with E-state index in [0.29, 0.717) is 6.42 Å². The Kier molecular flexibility index (Phi) is 3.59. The van der Waals surface area contributed by atoms with Crippen molar-refractivity contribution in [3.05, 3.63) is 29.8 Å². The number of hydrogen-bond acceptors (Lipinski definition) is 3. The molecule has 0 aliphatic carbocycles. The first-order chi connectivity index (χ1) is 8.71. The molecule has 0 radical (unpaired) electrons. The summed E-state index contributed by atoms with van der Waals surface area (Å²) in [6.07, 6.45) is 0.594. The van der Waals surface area contributed by atoms with Gasteiger partial charge >= 0.3 is 0 Å². The molecule has 1 aromatic carbocycles. The molecule has 1 aliphatic heterocycles. The second kappa shape index (κ2) is 4.77. The molecule has 0 bridgehead atoms. The minimum atomic E-state index is -3.46. The molecule has 1 aliphatic rings. The third kappa shape index (κ3) is 3.08. The first-order valence-electron chi connectivity index (χ1n) is 6.19. The predicted molar refractivity (Wildman–Crippen MR) is 74.2 cm³/mol. The highest BCUT2D eigenvalue weighted by molar-refractivity contribution is 7.87. The van der Waals surface area contributed by atoms with Crippen molar-refractivity contribution < 1.29 is 13.2 Å². The highest BCUT2D eigenvalue weighted by atomic mass is 32.2. The van der Waals surface area contributed by atoms with Crippen molar-refractivity contribution in [2.45, 2.75) is 31.9 Å². The standard InChI is InChI=1S/C13H20N2O3S/c1-13(2)9-11(14-19(16,17)15(3)4)10-7-5-6-8-12(10)18-13/h5-8,11,14H,9H2,1-4H3. The SMILES string of the molecule is CN(C)S(=O)(=O)NC1CC(C)(C)Oc2ccccc21. The average Bonchev–Trinajstić information content (AvgIpc) is 2.26. The molecule has 0 fully saturated rings. The molecule has 0 aromatic heterocycles. The number of nitrogens with one attached hydrogen (secondary N) is 1. The highest BCUT2D eigenvalue weighted by Gasteiger charge is 2.35. The van der Waals surface area contributed by atoms with E-state index >= 15 is 0 Å². The molecule has 0 amide bonds. The summed E-state index contributed by atoms with van der Waals surface area (Å²) in [5.41, 5.74) is 0.487. The van der Waals surface area contributed by atoms with Gasteiger partial charge in [-0.05, 0) is 19.9 Å². The van der Waals surface area contributed by atoms with Crippen LogP contribution in [-0.4, -0.2) is 32.4 Å². The second-order valence-electron chi connectivity index (χ2n) is 5.56. The second-order valence-corrected chi connectivity index (χ2v) is 7.48. The molecule has 1 atom stereocenters. The molecule has 19 heavy (non-hydrogen) atoms. The van der Waals surface area contributed by atoms with Crippen molar-refractivity contribution in [1.82, 2.24) is 9.03 Å². The highest BCUT2D eigenvalue weighted by Crippen LogP contribution is 2.39. The lowest BCUT2D eigenvalue weighted by Gasteiger charge is -2.38. The Labute approximate surface area is 114 Å². The molecule has 1 unspecified atom stereocenters. The predicted octanol–water partition coefficient (Wildman–Crippen LogP) is 1.68. The lowest BCUT2D eigenvalue weighted by Crippen LogP contribution is -2.44. The number of rotatable bonds is 3. The van der Waals surface area contributed by atoms with E-state index in [-0.39, 0.29) is 6.04 Å². The molecule has 0 saturated heterocycles. The average molecular weight is 284 g/mol. The van der Waals surface area contributed by atoms with Crippen LogP contribution in [0.3, 0.4) is 0 Å². The van der Waals surface area contributed by atoms with E-state index < -0.39 is 15.8 Å². The van der Waals surface area contributed by atoms with Gasteiger partial charge in [0.1, 0.15) is 11.4 Å². The van der Waals surface area contributed by atoms with Gasteiger partial charge in [-0.25, -0.2) is 0 Å². The van der Waals surface area contributed by atoms with Gasteiger partial charge in [-0.1, -0.05) is 18.2 Å². The summed E-state index contributed by atoms with van der Waals surface area (Å²) in [4.78, 5) is 0. The molecule has 5 nitrogen and oxygen atoms in total. The molecule has 106 valence electrons. The maximum absolute atomic E-state index is 12.0. The Balaban J connectivity index is 2.36. The Morgan fingerprint density at radius 1 is 1.32 bits per heavy atom. The van der Waals surface area contributed by atoms with Crippen molar-refractivity contribution in [1.29, 1.82) is 0 Å². The van der Waals surface area contributed by atoms with Crippen LogP contribution in [0, 0.1) is 0 Å². The monoisotopic (exact) mass is 284 g/mol. The van der Waals surface area contributed by atoms with Gasteiger partial charge in [-0.3, -0.25) is 0 Å². The van der Waals surface area contributed by atoms with Gasteiger partial charge in [0, 0.05) is 26.1 Å². The van der Waals surface area contributed by atoms with E-state index in [2.05, 4.69) is 4.72 Å². The lowest BCUT2D eigenvalue weighted by atomic mass is 9.90. The Bertz CT molecular complexity index is 567. The van der Waals surface area contributed by atoms with Gasteiger partial charge in [-0.15, -0.1) is 0 Å². The summed E-state index contributed by atoms with van der Waals surface area (Å²) in [6, 6.07) is 7.27. The van der Waals surface area contributed by atoms with Crippen molar-refractivity contribution in [3.63, 3.8) is 0 Å². The molecule has 0 spiro atoms. The fraction of sp³-hybridized carbons (Fsp3) is 0.538. The number of benzene rings is 1. The van der Waals surface area contributed by atoms with Gasteiger partial charge in [-0.2, -0.15) is 17.4 Å². The molecule has 6 heteroatoms. The Morgan fingerprint density at radius 3 is 2.58 bits per heavy atom. The smallest absolute Gasteiger partial charge is 0.279 e. The fourth-order valence-corrected chi connectivity index (χ4v) is 2.97. The van der Waals surface area contributed by atoms with Crippen LogP contribution in [0.25, 0.3) is 0 Å². The van der Waals surface area contributed by atoms with Crippen molar-refractivity contribution in [3.8, 4) is 5.75 Å². The van der Waals surface area contributed by atoms with Crippen LogP contribution in [0.5, 0.6) is 5.75 Å². The summed E-state index contributed by atoms with van der Waals surface area (Å²) in [5, 5.41) is 0. The van der Waals surface area contributed by atoms with Crippen LogP contribution in [0.4, 0.5) is 0 Å². The summed E-state index contributed by atoms with van der Waals surface area (Å²) >= 11 is 0. The first kappa shape index (κ1) is 14.3. The van der Waals surface area contributed by atoms with E-state index in [1.54, 1.807) is 0 Å². The van der Waals surface area contributed by atoms with Crippen LogP contribution >= 0.6 is 0 Å². The first-order valence-corrected chi connectivity index (χ1v) is 7.63. The Morgan fingerprint density at radius 2 is 1.95 bits per heavy atom. The summed E-state index contributed by atoms with van der Waals surface area (Å²) in [7, 11) is -0.438. The summed E-state index contributed by atoms with van der Waals surface area (Å²) in [6.45, 7) is 3.92. The number of ether oxygens (including phenoxy) is 1. The van der Waals surface area contributed by atoms with Crippen molar-refractivity contribution in [2.75, 3.05) is 14.1 Å². The molecule has 2 rings (SSSR count). The normalized spacial score (nSPS) is 21.8. The zero-order valence-corrected chi connectivity index (χ0v) is 12.5.